The molecule has 3 aromatic rings. The Balaban J connectivity index is 1.56. The van der Waals surface area contributed by atoms with Crippen molar-refractivity contribution >= 4 is 40.7 Å². The van der Waals surface area contributed by atoms with Crippen molar-refractivity contribution in [2.24, 2.45) is 11.8 Å². The van der Waals surface area contributed by atoms with Crippen molar-refractivity contribution in [1.29, 1.82) is 0 Å². The molecular weight excluding hydrogens is 405 g/mol. The fourth-order valence-electron chi connectivity index (χ4n) is 5.56. The van der Waals surface area contributed by atoms with Crippen LogP contribution < -0.4 is 4.90 Å². The minimum Gasteiger partial charge on any atom is -0.274 e. The van der Waals surface area contributed by atoms with E-state index in [1.807, 2.05) is 24.3 Å². The molecule has 0 radical (unpaired) electrons. The highest BCUT2D eigenvalue weighted by atomic mass is 35.5. The summed E-state index contributed by atoms with van der Waals surface area (Å²) in [5, 5.41) is 0.723. The molecule has 2 bridgehead atoms. The highest BCUT2D eigenvalue weighted by Gasteiger charge is 2.61. The van der Waals surface area contributed by atoms with E-state index in [0.29, 0.717) is 15.7 Å². The van der Waals surface area contributed by atoms with E-state index in [-0.39, 0.29) is 23.7 Å². The second-order valence-electron chi connectivity index (χ2n) is 7.88. The lowest BCUT2D eigenvalue weighted by molar-refractivity contribution is -0.122. The molecular formula is C24H15Cl2NO2. The largest absolute Gasteiger partial charge is 0.274 e. The molecule has 0 saturated carbocycles. The Morgan fingerprint density at radius 1 is 0.621 bits per heavy atom. The van der Waals surface area contributed by atoms with Gasteiger partial charge in [-0.15, -0.1) is 0 Å². The Morgan fingerprint density at radius 3 is 1.48 bits per heavy atom. The minimum absolute atomic E-state index is 0.110. The van der Waals surface area contributed by atoms with Gasteiger partial charge in [0.25, 0.3) is 0 Å². The Labute approximate surface area is 177 Å². The topological polar surface area (TPSA) is 37.4 Å². The third-order valence-corrected chi connectivity index (χ3v) is 7.35. The Bertz CT molecular complexity index is 1110. The molecule has 1 aliphatic heterocycles. The highest BCUT2D eigenvalue weighted by Crippen LogP contribution is 2.61. The molecule has 2 amide bonds. The molecule has 3 nitrogen and oxygen atoms in total. The van der Waals surface area contributed by atoms with Crippen LogP contribution in [0.5, 0.6) is 0 Å². The average molecular weight is 420 g/mol. The number of hydrogen-bond donors (Lipinski definition) is 0. The summed E-state index contributed by atoms with van der Waals surface area (Å²) in [5.41, 5.74) is 5.13. The van der Waals surface area contributed by atoms with Crippen molar-refractivity contribution in [1.82, 2.24) is 0 Å². The lowest BCUT2D eigenvalue weighted by Gasteiger charge is -2.45. The zero-order valence-corrected chi connectivity index (χ0v) is 16.7. The molecule has 1 saturated heterocycles. The summed E-state index contributed by atoms with van der Waals surface area (Å²) >= 11 is 12.2. The number of imide groups is 1. The molecule has 3 aliphatic carbocycles. The van der Waals surface area contributed by atoms with E-state index >= 15 is 0 Å². The fourth-order valence-corrected chi connectivity index (χ4v) is 5.85. The normalized spacial score (nSPS) is 26.3. The first-order valence-electron chi connectivity index (χ1n) is 9.58. The maximum atomic E-state index is 13.6. The van der Waals surface area contributed by atoms with Crippen LogP contribution in [0.15, 0.2) is 66.7 Å². The Hall–Kier alpha value is -2.62. The molecule has 29 heavy (non-hydrogen) atoms. The summed E-state index contributed by atoms with van der Waals surface area (Å²) in [4.78, 5) is 28.5. The number of anilines is 1. The molecule has 7 rings (SSSR count). The predicted molar refractivity (Wildman–Crippen MR) is 113 cm³/mol. The number of nitrogens with zero attached hydrogens (tertiary/aromatic N) is 1. The molecule has 0 spiro atoms. The van der Waals surface area contributed by atoms with E-state index in [9.17, 15) is 9.59 Å². The zero-order chi connectivity index (χ0) is 19.9. The average Bonchev–Trinajstić information content (AvgIpc) is 3.01. The number of hydrogen-bond acceptors (Lipinski definition) is 2. The Morgan fingerprint density at radius 2 is 1.07 bits per heavy atom. The van der Waals surface area contributed by atoms with Crippen LogP contribution in [0.3, 0.4) is 0 Å². The van der Waals surface area contributed by atoms with Gasteiger partial charge in [-0.1, -0.05) is 71.7 Å². The summed E-state index contributed by atoms with van der Waals surface area (Å²) in [7, 11) is 0. The second-order valence-corrected chi connectivity index (χ2v) is 8.69. The van der Waals surface area contributed by atoms with Crippen LogP contribution in [0.1, 0.15) is 34.1 Å². The summed E-state index contributed by atoms with van der Waals surface area (Å²) in [6, 6.07) is 21.3. The van der Waals surface area contributed by atoms with Crippen molar-refractivity contribution in [2.45, 2.75) is 11.8 Å². The number of halogens is 2. The van der Waals surface area contributed by atoms with Gasteiger partial charge in [0, 0.05) is 11.8 Å². The molecule has 5 heteroatoms. The number of carbonyl (C=O) groups is 2. The van der Waals surface area contributed by atoms with Crippen molar-refractivity contribution < 1.29 is 9.59 Å². The maximum Gasteiger partial charge on any atom is 0.238 e. The summed E-state index contributed by atoms with van der Waals surface area (Å²) in [6.45, 7) is 0. The van der Waals surface area contributed by atoms with Gasteiger partial charge in [-0.05, 0) is 40.5 Å². The second kappa shape index (κ2) is 5.94. The number of benzene rings is 3. The van der Waals surface area contributed by atoms with Crippen LogP contribution in [0, 0.1) is 11.8 Å². The minimum atomic E-state index is -0.397. The van der Waals surface area contributed by atoms with E-state index in [1.165, 1.54) is 4.90 Å². The highest BCUT2D eigenvalue weighted by molar-refractivity contribution is 6.42. The van der Waals surface area contributed by atoms with Gasteiger partial charge in [-0.3, -0.25) is 9.59 Å². The van der Waals surface area contributed by atoms with Crippen molar-refractivity contribution in [3.63, 3.8) is 0 Å². The van der Waals surface area contributed by atoms with Gasteiger partial charge >= 0.3 is 0 Å². The summed E-state index contributed by atoms with van der Waals surface area (Å²) in [6.07, 6.45) is 0. The van der Waals surface area contributed by atoms with Crippen LogP contribution >= 0.6 is 23.2 Å². The molecule has 2 atom stereocenters. The third-order valence-electron chi connectivity index (χ3n) is 6.61. The van der Waals surface area contributed by atoms with Crippen LogP contribution in [-0.4, -0.2) is 11.8 Å². The number of carbonyl (C=O) groups excluding carboxylic acids is 2. The van der Waals surface area contributed by atoms with Crippen LogP contribution in [0.2, 0.25) is 10.0 Å². The standard InChI is InChI=1S/C24H15Cl2NO2/c25-17-10-9-12(11-18(17)26)27-23(28)21-19-13-5-1-2-6-14(13)20(22(21)24(27)29)16-8-4-3-7-15(16)19/h1-11,19-22H/t19?,20?,21-,22+. The molecule has 0 unspecified atom stereocenters. The lowest BCUT2D eigenvalue weighted by Crippen LogP contribution is -2.41. The van der Waals surface area contributed by atoms with E-state index in [4.69, 9.17) is 23.2 Å². The lowest BCUT2D eigenvalue weighted by atomic mass is 9.55. The first-order valence-corrected chi connectivity index (χ1v) is 10.3. The maximum absolute atomic E-state index is 13.6. The van der Waals surface area contributed by atoms with Crippen molar-refractivity contribution in [2.75, 3.05) is 4.90 Å². The van der Waals surface area contributed by atoms with E-state index < -0.39 is 11.8 Å². The number of amides is 2. The van der Waals surface area contributed by atoms with Crippen LogP contribution in [0.25, 0.3) is 0 Å². The Kier molecular flexibility index (Phi) is 3.54. The van der Waals surface area contributed by atoms with Gasteiger partial charge in [0.05, 0.1) is 27.6 Å². The predicted octanol–water partition coefficient (Wildman–Crippen LogP) is 5.39. The van der Waals surface area contributed by atoms with E-state index in [2.05, 4.69) is 24.3 Å². The fraction of sp³-hybridized carbons (Fsp3) is 0.167. The van der Waals surface area contributed by atoms with Gasteiger partial charge in [-0.25, -0.2) is 4.90 Å². The van der Waals surface area contributed by atoms with Gasteiger partial charge in [0.15, 0.2) is 0 Å². The molecule has 1 fully saturated rings. The molecule has 0 aromatic heterocycles. The van der Waals surface area contributed by atoms with Gasteiger partial charge in [0.2, 0.25) is 11.8 Å². The first-order chi connectivity index (χ1) is 14.1. The molecule has 142 valence electrons. The van der Waals surface area contributed by atoms with Crippen LogP contribution in [0.4, 0.5) is 5.69 Å². The van der Waals surface area contributed by atoms with E-state index in [1.54, 1.807) is 18.2 Å². The first kappa shape index (κ1) is 17.3. The smallest absolute Gasteiger partial charge is 0.238 e. The van der Waals surface area contributed by atoms with Crippen molar-refractivity contribution in [3.8, 4) is 0 Å². The molecule has 3 aromatic carbocycles. The van der Waals surface area contributed by atoms with Crippen molar-refractivity contribution in [3.05, 3.63) is 99.0 Å². The third kappa shape index (κ3) is 2.15. The van der Waals surface area contributed by atoms with Gasteiger partial charge < -0.3 is 0 Å². The number of rotatable bonds is 1. The van der Waals surface area contributed by atoms with Crippen LogP contribution in [-0.2, 0) is 9.59 Å². The molecule has 4 aliphatic rings. The molecule has 0 N–H and O–H groups in total. The monoisotopic (exact) mass is 419 g/mol. The van der Waals surface area contributed by atoms with Gasteiger partial charge in [0.1, 0.15) is 0 Å². The quantitative estimate of drug-likeness (QED) is 0.495. The summed E-state index contributed by atoms with van der Waals surface area (Å²) < 4.78 is 0. The van der Waals surface area contributed by atoms with E-state index in [0.717, 1.165) is 22.3 Å². The summed E-state index contributed by atoms with van der Waals surface area (Å²) in [5.74, 6) is -1.32. The zero-order valence-electron chi connectivity index (χ0n) is 15.2. The SMILES string of the molecule is O=C1[C@@H]2C3c4ccccc4C(c4ccccc43)[C@@H]2C(=O)N1c1ccc(Cl)c(Cl)c1. The molecule has 1 heterocycles. The van der Waals surface area contributed by atoms with Gasteiger partial charge in [-0.2, -0.15) is 0 Å².